The van der Waals surface area contributed by atoms with Gasteiger partial charge < -0.3 is 20.5 Å². The maximum absolute atomic E-state index is 12.4. The lowest BCUT2D eigenvalue weighted by atomic mass is 10.2. The van der Waals surface area contributed by atoms with Crippen LogP contribution in [-0.4, -0.2) is 48.4 Å². The third-order valence-corrected chi connectivity index (χ3v) is 7.30. The molecular weight excluding hydrogens is 554 g/mol. The molecule has 214 valence electrons. The zero-order valence-electron chi connectivity index (χ0n) is 23.5. The Labute approximate surface area is 245 Å². The van der Waals surface area contributed by atoms with E-state index in [2.05, 4.69) is 36.1 Å². The monoisotopic (exact) mass is 593 g/mol. The zero-order valence-corrected chi connectivity index (χ0v) is 25.9. The summed E-state index contributed by atoms with van der Waals surface area (Å²) in [7, 11) is 0. The molecule has 0 fully saturated rings. The van der Waals surface area contributed by atoms with Crippen LogP contribution in [0.5, 0.6) is 0 Å². The van der Waals surface area contributed by atoms with E-state index in [0.29, 0.717) is 22.9 Å². The topological polar surface area (TPSA) is 99.7 Å². The van der Waals surface area contributed by atoms with Gasteiger partial charge in [-0.1, -0.05) is 50.6 Å². The van der Waals surface area contributed by atoms with Crippen LogP contribution in [-0.2, 0) is 9.53 Å². The van der Waals surface area contributed by atoms with Gasteiger partial charge in [0.15, 0.2) is 5.79 Å². The van der Waals surface area contributed by atoms with Crippen molar-refractivity contribution in [1.29, 1.82) is 0 Å². The zero-order chi connectivity index (χ0) is 29.0. The number of carbonyl (C=O) groups excluding carboxylic acids is 2. The van der Waals surface area contributed by atoms with Crippen molar-refractivity contribution in [3.8, 4) is 0 Å². The van der Waals surface area contributed by atoms with Crippen molar-refractivity contribution in [3.05, 3.63) is 64.0 Å². The van der Waals surface area contributed by atoms with E-state index in [0.717, 1.165) is 26.5 Å². The summed E-state index contributed by atoms with van der Waals surface area (Å²) in [5.74, 6) is -1.13. The number of nitrogens with one attached hydrogen (secondary N) is 3. The highest BCUT2D eigenvalue weighted by Crippen LogP contribution is 2.25. The van der Waals surface area contributed by atoms with Gasteiger partial charge in [0.2, 0.25) is 5.91 Å². The molecule has 0 spiro atoms. The van der Waals surface area contributed by atoms with Gasteiger partial charge in [-0.05, 0) is 86.3 Å². The maximum Gasteiger partial charge on any atom is 0.261 e. The Morgan fingerprint density at radius 1 is 1.10 bits per heavy atom. The number of amides is 2. The highest BCUT2D eigenvalue weighted by atomic mass is 35.5. The Kier molecular flexibility index (Phi) is 13.7. The molecule has 0 aliphatic heterocycles. The molecule has 0 aliphatic rings. The molecular formula is C29H40ClN3O4S2. The number of aliphatic hydroxyl groups is 1. The van der Waals surface area contributed by atoms with Gasteiger partial charge in [-0.2, -0.15) is 0 Å². The van der Waals surface area contributed by atoms with Gasteiger partial charge in [0, 0.05) is 27.7 Å². The molecule has 10 heteroatoms. The van der Waals surface area contributed by atoms with Gasteiger partial charge >= 0.3 is 0 Å². The van der Waals surface area contributed by atoms with Crippen LogP contribution in [0.15, 0.2) is 53.4 Å². The van der Waals surface area contributed by atoms with Crippen LogP contribution in [0.4, 0.5) is 0 Å². The van der Waals surface area contributed by atoms with Crippen molar-refractivity contribution in [2.45, 2.75) is 64.7 Å². The maximum atomic E-state index is 12.4. The number of ether oxygens (including phenoxy) is 1. The van der Waals surface area contributed by atoms with Crippen molar-refractivity contribution in [2.24, 2.45) is 5.92 Å². The number of benzene rings is 2. The van der Waals surface area contributed by atoms with E-state index in [4.69, 9.17) is 16.3 Å². The van der Waals surface area contributed by atoms with Crippen LogP contribution in [0.1, 0.15) is 56.3 Å². The first kappa shape index (κ1) is 33.1. The minimum Gasteiger partial charge on any atom is -0.366 e. The molecule has 1 atom stereocenters. The highest BCUT2D eigenvalue weighted by molar-refractivity contribution is 7.97. The highest BCUT2D eigenvalue weighted by Gasteiger charge is 2.21. The van der Waals surface area contributed by atoms with Crippen molar-refractivity contribution in [2.75, 3.05) is 19.6 Å². The summed E-state index contributed by atoms with van der Waals surface area (Å²) in [5.41, 5.74) is 1.07. The average molecular weight is 594 g/mol. The van der Waals surface area contributed by atoms with Gasteiger partial charge in [-0.25, -0.2) is 0 Å². The lowest BCUT2D eigenvalue weighted by Gasteiger charge is -2.26. The van der Waals surface area contributed by atoms with Crippen LogP contribution in [0.2, 0.25) is 5.02 Å². The Balaban J connectivity index is 0.00000124. The molecule has 2 aromatic carbocycles. The van der Waals surface area contributed by atoms with Crippen LogP contribution < -0.4 is 15.4 Å². The third kappa shape index (κ3) is 13.2. The first-order chi connectivity index (χ1) is 18.3. The van der Waals surface area contributed by atoms with Crippen molar-refractivity contribution < 1.29 is 19.4 Å². The van der Waals surface area contributed by atoms with E-state index in [-0.39, 0.29) is 24.9 Å². The fourth-order valence-corrected chi connectivity index (χ4v) is 5.26. The summed E-state index contributed by atoms with van der Waals surface area (Å²) in [6, 6.07) is 15.3. The van der Waals surface area contributed by atoms with Crippen LogP contribution in [0.3, 0.4) is 0 Å². The molecule has 0 aliphatic carbocycles. The smallest absolute Gasteiger partial charge is 0.261 e. The summed E-state index contributed by atoms with van der Waals surface area (Å²) >= 11 is 8.88. The number of rotatable bonds is 12. The molecule has 0 bridgehead atoms. The van der Waals surface area contributed by atoms with Crippen molar-refractivity contribution in [1.82, 2.24) is 15.4 Å². The summed E-state index contributed by atoms with van der Waals surface area (Å²) in [6.07, 6.45) is 0.134. The average Bonchev–Trinajstić information content (AvgIpc) is 3.28. The Bertz CT molecular complexity index is 1170. The van der Waals surface area contributed by atoms with Gasteiger partial charge in [-0.3, -0.25) is 14.3 Å². The SMILES string of the molecule is CC(C)C.Cc1cc(Cl)ccc1SNCCC(CNC(=O)CNC(=O)c1cc2ccccc2s1)OC(C)(C)O. The molecule has 0 saturated carbocycles. The minimum atomic E-state index is -1.34. The summed E-state index contributed by atoms with van der Waals surface area (Å²) in [4.78, 5) is 26.4. The van der Waals surface area contributed by atoms with Gasteiger partial charge in [0.25, 0.3) is 5.91 Å². The molecule has 3 rings (SSSR count). The summed E-state index contributed by atoms with van der Waals surface area (Å²) in [6.45, 7) is 12.2. The minimum absolute atomic E-state index is 0.147. The summed E-state index contributed by atoms with van der Waals surface area (Å²) < 4.78 is 10.00. The fourth-order valence-electron chi connectivity index (χ4n) is 3.32. The molecule has 0 radical (unpaired) electrons. The summed E-state index contributed by atoms with van der Waals surface area (Å²) in [5, 5.41) is 17.2. The van der Waals surface area contributed by atoms with Gasteiger partial charge in [0.05, 0.1) is 17.5 Å². The lowest BCUT2D eigenvalue weighted by molar-refractivity contribution is -0.205. The molecule has 1 aromatic heterocycles. The van der Waals surface area contributed by atoms with Crippen molar-refractivity contribution >= 4 is 56.8 Å². The Hall–Kier alpha value is -2.14. The van der Waals surface area contributed by atoms with E-state index in [1.165, 1.54) is 23.3 Å². The second-order valence-corrected chi connectivity index (χ2v) is 12.7. The van der Waals surface area contributed by atoms with E-state index in [9.17, 15) is 14.7 Å². The molecule has 1 unspecified atom stereocenters. The second-order valence-electron chi connectivity index (χ2n) is 10.2. The van der Waals surface area contributed by atoms with E-state index in [1.54, 1.807) is 13.8 Å². The lowest BCUT2D eigenvalue weighted by Crippen LogP contribution is -2.43. The second kappa shape index (κ2) is 16.2. The molecule has 3 aromatic rings. The van der Waals surface area contributed by atoms with Gasteiger partial charge in [0.1, 0.15) is 0 Å². The molecule has 2 amide bonds. The molecule has 7 nitrogen and oxygen atoms in total. The number of carbonyl (C=O) groups is 2. The number of fused-ring (bicyclic) bond motifs is 1. The normalized spacial score (nSPS) is 12.1. The number of hydrogen-bond acceptors (Lipinski definition) is 7. The molecule has 1 heterocycles. The molecule has 4 N–H and O–H groups in total. The quantitative estimate of drug-likeness (QED) is 0.114. The fraction of sp³-hybridized carbons (Fsp3) is 0.448. The third-order valence-electron chi connectivity index (χ3n) is 4.93. The van der Waals surface area contributed by atoms with Crippen LogP contribution in [0.25, 0.3) is 10.1 Å². The van der Waals surface area contributed by atoms with Crippen LogP contribution in [0, 0.1) is 12.8 Å². The molecule has 39 heavy (non-hydrogen) atoms. The standard InChI is InChI=1S/C25H30ClN3O4S2.C4H10/c1-16-12-18(26)8-9-20(16)35-29-11-10-19(33-25(2,3)32)14-27-23(30)15-28-24(31)22-13-17-6-4-5-7-21(17)34-22;1-4(2)3/h4-9,12-13,19,29,32H,10-11,14-15H2,1-3H3,(H,27,30)(H,28,31);4H,1-3H3. The predicted octanol–water partition coefficient (Wildman–Crippen LogP) is 6.17. The number of thiophene rings is 1. The van der Waals surface area contributed by atoms with Crippen molar-refractivity contribution in [3.63, 3.8) is 0 Å². The largest absolute Gasteiger partial charge is 0.366 e. The van der Waals surface area contributed by atoms with Gasteiger partial charge in [-0.15, -0.1) is 11.3 Å². The number of halogens is 1. The first-order valence-corrected chi connectivity index (χ1v) is 14.9. The van der Waals surface area contributed by atoms with E-state index < -0.39 is 11.9 Å². The Morgan fingerprint density at radius 3 is 2.44 bits per heavy atom. The van der Waals surface area contributed by atoms with E-state index >= 15 is 0 Å². The first-order valence-electron chi connectivity index (χ1n) is 12.9. The molecule has 0 saturated heterocycles. The number of hydrogen-bond donors (Lipinski definition) is 4. The van der Waals surface area contributed by atoms with E-state index in [1.807, 2.05) is 55.5 Å². The Morgan fingerprint density at radius 2 is 1.79 bits per heavy atom. The predicted molar refractivity (Wildman–Crippen MR) is 164 cm³/mol. The van der Waals surface area contributed by atoms with Crippen LogP contribution >= 0.6 is 34.9 Å². The number of aryl methyl sites for hydroxylation is 1.